The Hall–Kier alpha value is 0.280. The molecule has 0 aromatic rings. The average molecular weight is 240 g/mol. The van der Waals surface area contributed by atoms with Crippen LogP contribution in [0.1, 0.15) is 0 Å². The highest BCUT2D eigenvalue weighted by molar-refractivity contribution is 8.23. The van der Waals surface area contributed by atoms with E-state index >= 15 is 0 Å². The molecule has 0 aliphatic heterocycles. The van der Waals surface area contributed by atoms with E-state index in [2.05, 4.69) is 0 Å². The van der Waals surface area contributed by atoms with Gasteiger partial charge in [-0.3, -0.25) is 0 Å². The number of rotatable bonds is 9. The lowest BCUT2D eigenvalue weighted by Crippen LogP contribution is -2.09. The van der Waals surface area contributed by atoms with Crippen molar-refractivity contribution in [1.29, 1.82) is 0 Å². The summed E-state index contributed by atoms with van der Waals surface area (Å²) in [5.41, 5.74) is 0. The van der Waals surface area contributed by atoms with Crippen molar-refractivity contribution in [2.24, 2.45) is 0 Å². The Bertz CT molecular complexity index is 143. The van der Waals surface area contributed by atoms with E-state index in [1.54, 1.807) is 0 Å². The lowest BCUT2D eigenvalue weighted by atomic mass is 10.7. The summed E-state index contributed by atoms with van der Waals surface area (Å²) in [6, 6.07) is 0. The third-order valence-corrected chi connectivity index (χ3v) is 2.46. The molecule has 0 saturated heterocycles. The summed E-state index contributed by atoms with van der Waals surface area (Å²) in [6.07, 6.45) is 0. The lowest BCUT2D eigenvalue weighted by Gasteiger charge is -2.04. The van der Waals surface area contributed by atoms with Crippen molar-refractivity contribution in [3.05, 3.63) is 0 Å². The van der Waals surface area contributed by atoms with Crippen LogP contribution in [0, 0.1) is 0 Å². The van der Waals surface area contributed by atoms with Crippen molar-refractivity contribution in [1.82, 2.24) is 0 Å². The number of thiocarbonyl (C=S) groups is 1. The predicted molar refractivity (Wildman–Crippen MR) is 60.9 cm³/mol. The molecule has 84 valence electrons. The second-order valence-corrected chi connectivity index (χ2v) is 4.27. The van der Waals surface area contributed by atoms with Gasteiger partial charge in [-0.1, -0.05) is 12.2 Å². The molecule has 0 radical (unpaired) electrons. The molecule has 0 fully saturated rings. The van der Waals surface area contributed by atoms with Gasteiger partial charge in [-0.05, 0) is 0 Å². The third kappa shape index (κ3) is 10.4. The molecule has 0 saturated carbocycles. The molecule has 0 aromatic carbocycles. The van der Waals surface area contributed by atoms with E-state index < -0.39 is 0 Å². The van der Waals surface area contributed by atoms with Crippen LogP contribution in [0.4, 0.5) is 0 Å². The van der Waals surface area contributed by atoms with Gasteiger partial charge in [-0.25, -0.2) is 0 Å². The number of aliphatic hydroxyl groups excluding tert-OH is 2. The molecule has 4 nitrogen and oxygen atoms in total. The fourth-order valence-electron chi connectivity index (χ4n) is 0.643. The standard InChI is InChI=1S/C8H16O4S2/c9-1-3-11-5-6-14-8(13)7-12-4-2-10/h9-10H,1-7H2. The van der Waals surface area contributed by atoms with Crippen molar-refractivity contribution in [2.75, 3.05) is 45.4 Å². The molecule has 0 bridgehead atoms. The smallest absolute Gasteiger partial charge is 0.0879 e. The van der Waals surface area contributed by atoms with Gasteiger partial charge in [0.25, 0.3) is 0 Å². The molecule has 0 atom stereocenters. The molecule has 0 heterocycles. The van der Waals surface area contributed by atoms with Gasteiger partial charge in [0.2, 0.25) is 0 Å². The molecule has 0 rings (SSSR count). The first kappa shape index (κ1) is 14.3. The Morgan fingerprint density at radius 3 is 2.36 bits per heavy atom. The molecule has 0 spiro atoms. The van der Waals surface area contributed by atoms with E-state index in [4.69, 9.17) is 31.9 Å². The number of thioether (sulfide) groups is 1. The second-order valence-electron chi connectivity index (χ2n) is 2.33. The molecule has 0 aliphatic rings. The Kier molecular flexibility index (Phi) is 11.6. The molecule has 0 aliphatic carbocycles. The number of hydrogen-bond acceptors (Lipinski definition) is 6. The van der Waals surface area contributed by atoms with Gasteiger partial charge < -0.3 is 19.7 Å². The first-order valence-corrected chi connectivity index (χ1v) is 5.73. The van der Waals surface area contributed by atoms with Crippen molar-refractivity contribution in [3.8, 4) is 0 Å². The van der Waals surface area contributed by atoms with Gasteiger partial charge in [-0.2, -0.15) is 0 Å². The maximum atomic E-state index is 8.43. The first-order chi connectivity index (χ1) is 6.81. The van der Waals surface area contributed by atoms with Gasteiger partial charge in [0.1, 0.15) is 0 Å². The van der Waals surface area contributed by atoms with Crippen LogP contribution in [0.5, 0.6) is 0 Å². The van der Waals surface area contributed by atoms with E-state index in [0.29, 0.717) is 26.4 Å². The number of hydrogen-bond donors (Lipinski definition) is 2. The molecular weight excluding hydrogens is 224 g/mol. The summed E-state index contributed by atoms with van der Waals surface area (Å²) >= 11 is 6.49. The van der Waals surface area contributed by atoms with Crippen LogP contribution in [-0.4, -0.2) is 59.8 Å². The van der Waals surface area contributed by atoms with Crippen LogP contribution in [0.3, 0.4) is 0 Å². The fourth-order valence-corrected chi connectivity index (χ4v) is 1.57. The molecule has 6 heteroatoms. The van der Waals surface area contributed by atoms with Gasteiger partial charge in [0, 0.05) is 5.75 Å². The minimum atomic E-state index is 0.0207. The summed E-state index contributed by atoms with van der Waals surface area (Å²) in [7, 11) is 0. The van der Waals surface area contributed by atoms with Crippen LogP contribution in [0.2, 0.25) is 0 Å². The zero-order valence-electron chi connectivity index (χ0n) is 7.98. The summed E-state index contributed by atoms with van der Waals surface area (Å²) in [6.45, 7) is 1.73. The Balaban J connectivity index is 3.10. The second kappa shape index (κ2) is 11.4. The average Bonchev–Trinajstić information content (AvgIpc) is 2.18. The predicted octanol–water partition coefficient (Wildman–Crippen LogP) is 0.0648. The van der Waals surface area contributed by atoms with Crippen molar-refractivity contribution >= 4 is 28.2 Å². The normalized spacial score (nSPS) is 10.4. The summed E-state index contributed by atoms with van der Waals surface area (Å²) in [4.78, 5) is 0. The lowest BCUT2D eigenvalue weighted by molar-refractivity contribution is 0.103. The minimum absolute atomic E-state index is 0.0207. The van der Waals surface area contributed by atoms with Gasteiger partial charge >= 0.3 is 0 Å². The summed E-state index contributed by atoms with van der Waals surface area (Å²) in [5, 5.41) is 16.9. The Morgan fingerprint density at radius 1 is 1.07 bits per heavy atom. The third-order valence-electron chi connectivity index (χ3n) is 1.18. The SMILES string of the molecule is OCCOCCSC(=S)COCCO. The van der Waals surface area contributed by atoms with E-state index in [1.165, 1.54) is 11.8 Å². The van der Waals surface area contributed by atoms with Crippen molar-refractivity contribution in [3.63, 3.8) is 0 Å². The highest BCUT2D eigenvalue weighted by atomic mass is 32.2. The van der Waals surface area contributed by atoms with Gasteiger partial charge in [0.15, 0.2) is 0 Å². The molecule has 2 N–H and O–H groups in total. The van der Waals surface area contributed by atoms with Crippen molar-refractivity contribution < 1.29 is 19.7 Å². The minimum Gasteiger partial charge on any atom is -0.394 e. The Morgan fingerprint density at radius 2 is 1.71 bits per heavy atom. The van der Waals surface area contributed by atoms with Crippen LogP contribution in [0.15, 0.2) is 0 Å². The summed E-state index contributed by atoms with van der Waals surface area (Å²) in [5.74, 6) is 0.765. The number of ether oxygens (including phenoxy) is 2. The monoisotopic (exact) mass is 240 g/mol. The largest absolute Gasteiger partial charge is 0.394 e. The Labute approximate surface area is 93.6 Å². The van der Waals surface area contributed by atoms with Crippen molar-refractivity contribution in [2.45, 2.75) is 0 Å². The van der Waals surface area contributed by atoms with E-state index in [-0.39, 0.29) is 13.2 Å². The van der Waals surface area contributed by atoms with Gasteiger partial charge in [-0.15, -0.1) is 11.8 Å². The highest BCUT2D eigenvalue weighted by Gasteiger charge is 1.97. The first-order valence-electron chi connectivity index (χ1n) is 4.34. The number of aliphatic hydroxyl groups is 2. The quantitative estimate of drug-likeness (QED) is 0.439. The molecule has 0 unspecified atom stereocenters. The van der Waals surface area contributed by atoms with Gasteiger partial charge in [0.05, 0.1) is 43.8 Å². The topological polar surface area (TPSA) is 58.9 Å². The molecule has 0 aromatic heterocycles. The molecule has 14 heavy (non-hydrogen) atoms. The molecule has 0 amide bonds. The van der Waals surface area contributed by atoms with Crippen LogP contribution in [-0.2, 0) is 9.47 Å². The van der Waals surface area contributed by atoms with E-state index in [1.807, 2.05) is 0 Å². The molecular formula is C8H16O4S2. The van der Waals surface area contributed by atoms with Crippen LogP contribution < -0.4 is 0 Å². The highest BCUT2D eigenvalue weighted by Crippen LogP contribution is 2.04. The maximum absolute atomic E-state index is 8.43. The zero-order chi connectivity index (χ0) is 10.6. The van der Waals surface area contributed by atoms with E-state index in [9.17, 15) is 0 Å². The maximum Gasteiger partial charge on any atom is 0.0879 e. The van der Waals surface area contributed by atoms with E-state index in [0.717, 1.165) is 9.95 Å². The zero-order valence-corrected chi connectivity index (χ0v) is 9.61. The fraction of sp³-hybridized carbons (Fsp3) is 0.875. The van der Waals surface area contributed by atoms with Crippen LogP contribution >= 0.6 is 24.0 Å². The van der Waals surface area contributed by atoms with Crippen LogP contribution in [0.25, 0.3) is 0 Å². The summed E-state index contributed by atoms with van der Waals surface area (Å²) < 4.78 is 10.8.